The molecule has 0 aromatic carbocycles. The number of fused-ring (bicyclic) bond motifs is 1. The number of ether oxygens (including phenoxy) is 1. The molecular formula is C14H22O3. The minimum absolute atomic E-state index is 0.225. The average Bonchev–Trinajstić information content (AvgIpc) is 2.43. The van der Waals surface area contributed by atoms with Crippen molar-refractivity contribution in [1.82, 2.24) is 0 Å². The molecule has 17 heavy (non-hydrogen) atoms. The number of allylic oxidation sites excluding steroid dienone is 1. The Labute approximate surface area is 103 Å². The van der Waals surface area contributed by atoms with Gasteiger partial charge in [-0.25, -0.2) is 0 Å². The van der Waals surface area contributed by atoms with Crippen molar-refractivity contribution in [2.24, 2.45) is 11.8 Å². The molecule has 0 aromatic heterocycles. The molecule has 4 atom stereocenters. The van der Waals surface area contributed by atoms with Gasteiger partial charge in [-0.05, 0) is 44.9 Å². The largest absolute Gasteiger partial charge is 0.459 e. The number of hydrogen-bond acceptors (Lipinski definition) is 3. The topological polar surface area (TPSA) is 46.5 Å². The zero-order valence-corrected chi connectivity index (χ0v) is 10.7. The van der Waals surface area contributed by atoms with Gasteiger partial charge in [0, 0.05) is 12.8 Å². The minimum atomic E-state index is -0.412. The van der Waals surface area contributed by atoms with E-state index in [0.29, 0.717) is 5.92 Å². The summed E-state index contributed by atoms with van der Waals surface area (Å²) in [4.78, 5) is 11.2. The maximum atomic E-state index is 11.2. The number of carbonyl (C=O) groups is 1. The lowest BCUT2D eigenvalue weighted by Gasteiger charge is -2.33. The van der Waals surface area contributed by atoms with Crippen LogP contribution in [0.5, 0.6) is 0 Å². The Bertz CT molecular complexity index is 336. The molecule has 0 bridgehead atoms. The summed E-state index contributed by atoms with van der Waals surface area (Å²) >= 11 is 0. The van der Waals surface area contributed by atoms with E-state index in [2.05, 4.69) is 6.58 Å². The smallest absolute Gasteiger partial charge is 0.303 e. The van der Waals surface area contributed by atoms with Gasteiger partial charge in [-0.1, -0.05) is 12.2 Å². The second kappa shape index (κ2) is 4.45. The molecule has 1 N–H and O–H groups in total. The lowest BCUT2D eigenvalue weighted by molar-refractivity contribution is -0.160. The first-order valence-electron chi connectivity index (χ1n) is 6.47. The van der Waals surface area contributed by atoms with Crippen LogP contribution in [0.2, 0.25) is 0 Å². The number of esters is 1. The molecule has 0 spiro atoms. The van der Waals surface area contributed by atoms with Gasteiger partial charge in [-0.3, -0.25) is 4.79 Å². The fourth-order valence-corrected chi connectivity index (χ4v) is 3.56. The van der Waals surface area contributed by atoms with Gasteiger partial charge >= 0.3 is 5.97 Å². The zero-order chi connectivity index (χ0) is 12.6. The van der Waals surface area contributed by atoms with E-state index in [1.54, 1.807) is 0 Å². The first kappa shape index (κ1) is 12.6. The quantitative estimate of drug-likeness (QED) is 0.564. The molecule has 3 heteroatoms. The highest BCUT2D eigenvalue weighted by Crippen LogP contribution is 2.50. The first-order valence-corrected chi connectivity index (χ1v) is 6.47. The number of hydrogen-bond donors (Lipinski definition) is 1. The van der Waals surface area contributed by atoms with Crippen molar-refractivity contribution in [3.05, 3.63) is 12.2 Å². The molecule has 0 aliphatic heterocycles. The lowest BCUT2D eigenvalue weighted by Crippen LogP contribution is -2.38. The summed E-state index contributed by atoms with van der Waals surface area (Å²) in [5, 5.41) is 9.94. The van der Waals surface area contributed by atoms with Crippen LogP contribution >= 0.6 is 0 Å². The molecule has 2 saturated carbocycles. The van der Waals surface area contributed by atoms with Gasteiger partial charge in [-0.15, -0.1) is 0 Å². The number of carbonyl (C=O) groups excluding carboxylic acids is 1. The van der Waals surface area contributed by atoms with Crippen LogP contribution in [0, 0.1) is 11.8 Å². The van der Waals surface area contributed by atoms with E-state index in [1.165, 1.54) is 12.5 Å². The standard InChI is InChI=1S/C14H22O3/c1-9-4-5-11(16)8-13-12(9)6-7-14(13,3)17-10(2)15/h11-13,16H,1,4-8H2,2-3H3/t11?,12-,13+,14-/m1/s1. The highest BCUT2D eigenvalue weighted by atomic mass is 16.6. The van der Waals surface area contributed by atoms with Gasteiger partial charge in [0.15, 0.2) is 0 Å². The van der Waals surface area contributed by atoms with Crippen LogP contribution in [0.1, 0.15) is 46.0 Å². The summed E-state index contributed by atoms with van der Waals surface area (Å²) < 4.78 is 5.53. The monoisotopic (exact) mass is 238 g/mol. The molecule has 96 valence electrons. The van der Waals surface area contributed by atoms with Gasteiger partial charge in [0.2, 0.25) is 0 Å². The molecule has 1 unspecified atom stereocenters. The molecule has 3 nitrogen and oxygen atoms in total. The van der Waals surface area contributed by atoms with Gasteiger partial charge in [0.1, 0.15) is 5.60 Å². The maximum Gasteiger partial charge on any atom is 0.303 e. The predicted octanol–water partition coefficient (Wildman–Crippen LogP) is 2.44. The Morgan fingerprint density at radius 1 is 1.53 bits per heavy atom. The minimum Gasteiger partial charge on any atom is -0.459 e. The SMILES string of the molecule is C=C1CCC(O)C[C@H]2[C@@H]1CC[C@@]2(C)OC(C)=O. The Morgan fingerprint density at radius 3 is 2.88 bits per heavy atom. The van der Waals surface area contributed by atoms with Crippen LogP contribution in [0.4, 0.5) is 0 Å². The second-order valence-corrected chi connectivity index (χ2v) is 5.74. The van der Waals surface area contributed by atoms with Gasteiger partial charge in [0.05, 0.1) is 6.10 Å². The third-order valence-corrected chi connectivity index (χ3v) is 4.45. The van der Waals surface area contributed by atoms with Crippen molar-refractivity contribution in [2.75, 3.05) is 0 Å². The number of aliphatic hydroxyl groups excluding tert-OH is 1. The molecule has 0 saturated heterocycles. The molecule has 0 aromatic rings. The summed E-state index contributed by atoms with van der Waals surface area (Å²) in [5.74, 6) is 0.422. The van der Waals surface area contributed by atoms with Crippen LogP contribution in [0.25, 0.3) is 0 Å². The van der Waals surface area contributed by atoms with Crippen LogP contribution in [-0.4, -0.2) is 22.8 Å². The number of aliphatic hydroxyl groups is 1. The van der Waals surface area contributed by atoms with Crippen molar-refractivity contribution in [2.45, 2.75) is 57.7 Å². The third kappa shape index (κ3) is 2.39. The molecule has 2 rings (SSSR count). The fourth-order valence-electron chi connectivity index (χ4n) is 3.56. The van der Waals surface area contributed by atoms with Gasteiger partial charge in [-0.2, -0.15) is 0 Å². The second-order valence-electron chi connectivity index (χ2n) is 5.74. The van der Waals surface area contributed by atoms with E-state index in [0.717, 1.165) is 32.1 Å². The Kier molecular flexibility index (Phi) is 3.30. The van der Waals surface area contributed by atoms with E-state index in [-0.39, 0.29) is 18.0 Å². The number of rotatable bonds is 1. The Balaban J connectivity index is 2.22. The summed E-state index contributed by atoms with van der Waals surface area (Å²) in [6.07, 6.45) is 4.05. The summed E-state index contributed by atoms with van der Waals surface area (Å²) in [7, 11) is 0. The highest BCUT2D eigenvalue weighted by Gasteiger charge is 2.49. The predicted molar refractivity (Wildman–Crippen MR) is 65.4 cm³/mol. The molecule has 2 fully saturated rings. The molecule has 0 amide bonds. The van der Waals surface area contributed by atoms with Crippen molar-refractivity contribution in [1.29, 1.82) is 0 Å². The average molecular weight is 238 g/mol. The Morgan fingerprint density at radius 2 is 2.24 bits per heavy atom. The van der Waals surface area contributed by atoms with Crippen LogP contribution in [0.3, 0.4) is 0 Å². The van der Waals surface area contributed by atoms with Crippen LogP contribution in [-0.2, 0) is 9.53 Å². The van der Waals surface area contributed by atoms with Gasteiger partial charge in [0.25, 0.3) is 0 Å². The molecule has 0 radical (unpaired) electrons. The van der Waals surface area contributed by atoms with Gasteiger partial charge < -0.3 is 9.84 Å². The molecule has 2 aliphatic carbocycles. The first-order chi connectivity index (χ1) is 7.92. The highest BCUT2D eigenvalue weighted by molar-refractivity contribution is 5.66. The van der Waals surface area contributed by atoms with Crippen LogP contribution in [0.15, 0.2) is 12.2 Å². The fraction of sp³-hybridized carbons (Fsp3) is 0.786. The van der Waals surface area contributed by atoms with E-state index >= 15 is 0 Å². The maximum absolute atomic E-state index is 11.2. The molecule has 0 heterocycles. The normalized spacial score (nSPS) is 41.8. The summed E-state index contributed by atoms with van der Waals surface area (Å²) in [6.45, 7) is 7.61. The van der Waals surface area contributed by atoms with E-state index in [4.69, 9.17) is 4.74 Å². The summed E-state index contributed by atoms with van der Waals surface area (Å²) in [6, 6.07) is 0. The van der Waals surface area contributed by atoms with E-state index in [1.807, 2.05) is 6.92 Å². The Hall–Kier alpha value is -0.830. The van der Waals surface area contributed by atoms with E-state index < -0.39 is 5.60 Å². The lowest BCUT2D eigenvalue weighted by atomic mass is 9.81. The molecule has 2 aliphatic rings. The van der Waals surface area contributed by atoms with Crippen molar-refractivity contribution >= 4 is 5.97 Å². The van der Waals surface area contributed by atoms with E-state index in [9.17, 15) is 9.90 Å². The third-order valence-electron chi connectivity index (χ3n) is 4.45. The summed E-state index contributed by atoms with van der Waals surface area (Å²) in [5.41, 5.74) is 0.813. The zero-order valence-electron chi connectivity index (χ0n) is 10.7. The molecular weight excluding hydrogens is 216 g/mol. The van der Waals surface area contributed by atoms with Crippen molar-refractivity contribution < 1.29 is 14.6 Å². The van der Waals surface area contributed by atoms with Crippen molar-refractivity contribution in [3.8, 4) is 0 Å². The van der Waals surface area contributed by atoms with Crippen LogP contribution < -0.4 is 0 Å². The van der Waals surface area contributed by atoms with Crippen molar-refractivity contribution in [3.63, 3.8) is 0 Å².